The van der Waals surface area contributed by atoms with Gasteiger partial charge in [0.2, 0.25) is 0 Å². The molecule has 4 saturated carbocycles. The van der Waals surface area contributed by atoms with Crippen molar-refractivity contribution >= 4 is 11.6 Å². The van der Waals surface area contributed by atoms with E-state index >= 15 is 0 Å². The van der Waals surface area contributed by atoms with Gasteiger partial charge >= 0.3 is 0 Å². The molecule has 2 N–H and O–H groups in total. The Balaban J connectivity index is 1.13. The van der Waals surface area contributed by atoms with Crippen LogP contribution in [-0.2, 0) is 19.1 Å². The average molecular weight is 535 g/mol. The number of ether oxygens (including phenoxy) is 2. The van der Waals surface area contributed by atoms with Crippen molar-refractivity contribution in [2.45, 2.75) is 172 Å². The van der Waals surface area contributed by atoms with E-state index < -0.39 is 0 Å². The number of hydrogen-bond donors (Lipinski definition) is 2. The molecule has 1 atom stereocenters. The zero-order valence-corrected chi connectivity index (χ0v) is 23.9. The van der Waals surface area contributed by atoms with Crippen molar-refractivity contribution in [1.29, 1.82) is 0 Å². The monoisotopic (exact) mass is 534 g/mol. The summed E-state index contributed by atoms with van der Waals surface area (Å²) in [6.07, 6.45) is 18.5. The zero-order chi connectivity index (χ0) is 26.9. The highest BCUT2D eigenvalue weighted by atomic mass is 16.5. The van der Waals surface area contributed by atoms with E-state index in [1.807, 2.05) is 0 Å². The van der Waals surface area contributed by atoms with Crippen LogP contribution in [-0.4, -0.2) is 58.4 Å². The summed E-state index contributed by atoms with van der Waals surface area (Å²) < 4.78 is 12.8. The Morgan fingerprint density at radius 1 is 0.632 bits per heavy atom. The van der Waals surface area contributed by atoms with Crippen LogP contribution in [0.3, 0.4) is 0 Å². The smallest absolute Gasteiger partial charge is 0.139 e. The Bertz CT molecular complexity index is 707. The third kappa shape index (κ3) is 9.11. The molecule has 0 amide bonds. The van der Waals surface area contributed by atoms with E-state index in [1.54, 1.807) is 0 Å². The molecule has 218 valence electrons. The van der Waals surface area contributed by atoms with Crippen LogP contribution in [0, 0.1) is 17.8 Å². The maximum absolute atomic E-state index is 13.3. The summed E-state index contributed by atoms with van der Waals surface area (Å²) in [5, 5.41) is 19.4. The topological polar surface area (TPSA) is 93.1 Å². The minimum absolute atomic E-state index is 0.130. The molecule has 0 spiro atoms. The highest BCUT2D eigenvalue weighted by Crippen LogP contribution is 2.36. The molecule has 6 nitrogen and oxygen atoms in total. The van der Waals surface area contributed by atoms with Crippen LogP contribution >= 0.6 is 0 Å². The first-order valence-corrected chi connectivity index (χ1v) is 16.1. The first-order chi connectivity index (χ1) is 18.4. The maximum Gasteiger partial charge on any atom is 0.139 e. The number of aliphatic hydroxyl groups excluding tert-OH is 2. The first kappa shape index (κ1) is 30.1. The molecule has 4 fully saturated rings. The van der Waals surface area contributed by atoms with Crippen LogP contribution in [0.1, 0.15) is 135 Å². The SMILES string of the molecule is CCCC(CCC(=O)C1CCC(O)CC1)OC1CCC(C(=O)C2CCC(OC3CCC(O)CC3)CC2)CC1. The van der Waals surface area contributed by atoms with Crippen molar-refractivity contribution in [3.05, 3.63) is 0 Å². The maximum atomic E-state index is 13.3. The van der Waals surface area contributed by atoms with E-state index in [2.05, 4.69) is 6.92 Å². The molecule has 4 aliphatic rings. The lowest BCUT2D eigenvalue weighted by atomic mass is 9.75. The van der Waals surface area contributed by atoms with Crippen LogP contribution in [0.15, 0.2) is 0 Å². The van der Waals surface area contributed by atoms with Crippen molar-refractivity contribution < 1.29 is 29.3 Å². The van der Waals surface area contributed by atoms with Gasteiger partial charge in [0, 0.05) is 24.2 Å². The average Bonchev–Trinajstić information content (AvgIpc) is 2.94. The van der Waals surface area contributed by atoms with Gasteiger partial charge in [-0.25, -0.2) is 0 Å². The van der Waals surface area contributed by atoms with E-state index in [0.29, 0.717) is 24.1 Å². The summed E-state index contributed by atoms with van der Waals surface area (Å²) >= 11 is 0. The number of carbonyl (C=O) groups excluding carboxylic acids is 2. The van der Waals surface area contributed by atoms with Gasteiger partial charge in [-0.15, -0.1) is 0 Å². The van der Waals surface area contributed by atoms with Gasteiger partial charge in [0.05, 0.1) is 36.6 Å². The zero-order valence-electron chi connectivity index (χ0n) is 23.9. The van der Waals surface area contributed by atoms with Crippen molar-refractivity contribution in [2.24, 2.45) is 17.8 Å². The fourth-order valence-corrected chi connectivity index (χ4v) is 7.53. The highest BCUT2D eigenvalue weighted by Gasteiger charge is 2.35. The summed E-state index contributed by atoms with van der Waals surface area (Å²) in [6, 6.07) is 0. The van der Waals surface area contributed by atoms with E-state index in [1.165, 1.54) is 0 Å². The standard InChI is InChI=1S/C32H54O6/c1-2-3-27(20-21-31(35)22-4-10-25(33)11-5-22)37-28-14-6-23(7-15-28)32(36)24-8-16-29(17-9-24)38-30-18-12-26(34)13-19-30/h22-30,33-34H,2-21H2,1H3. The third-order valence-corrected chi connectivity index (χ3v) is 10.0. The second-order valence-corrected chi connectivity index (χ2v) is 13.0. The molecule has 0 saturated heterocycles. The Hall–Kier alpha value is -0.820. The number of Topliss-reactive ketones (excluding diaryl/α,β-unsaturated/α-hetero) is 2. The molecule has 0 heterocycles. The number of aliphatic hydroxyl groups is 2. The number of hydrogen-bond acceptors (Lipinski definition) is 6. The van der Waals surface area contributed by atoms with Crippen LogP contribution in [0.25, 0.3) is 0 Å². The molecule has 0 radical (unpaired) electrons. The molecule has 0 aromatic rings. The van der Waals surface area contributed by atoms with Gasteiger partial charge in [-0.05, 0) is 116 Å². The summed E-state index contributed by atoms with van der Waals surface area (Å²) in [7, 11) is 0. The quantitative estimate of drug-likeness (QED) is 0.315. The lowest BCUT2D eigenvalue weighted by Gasteiger charge is -2.36. The molecule has 4 aliphatic carbocycles. The van der Waals surface area contributed by atoms with Gasteiger partial charge in [-0.2, -0.15) is 0 Å². The molecule has 1 unspecified atom stereocenters. The lowest BCUT2D eigenvalue weighted by Crippen LogP contribution is -2.36. The minimum Gasteiger partial charge on any atom is -0.393 e. The minimum atomic E-state index is -0.218. The largest absolute Gasteiger partial charge is 0.393 e. The summed E-state index contributed by atoms with van der Waals surface area (Å²) in [5.41, 5.74) is 0. The lowest BCUT2D eigenvalue weighted by molar-refractivity contribution is -0.133. The molecule has 0 bridgehead atoms. The number of ketones is 2. The number of carbonyl (C=O) groups is 2. The Morgan fingerprint density at radius 2 is 1.08 bits per heavy atom. The van der Waals surface area contributed by atoms with Crippen LogP contribution in [0.4, 0.5) is 0 Å². The summed E-state index contributed by atoms with van der Waals surface area (Å²) in [4.78, 5) is 26.0. The number of rotatable bonds is 12. The van der Waals surface area contributed by atoms with Crippen molar-refractivity contribution in [2.75, 3.05) is 0 Å². The van der Waals surface area contributed by atoms with Gasteiger partial charge in [0.1, 0.15) is 11.6 Å². The summed E-state index contributed by atoms with van der Waals surface area (Å²) in [5.74, 6) is 1.35. The highest BCUT2D eigenvalue weighted by molar-refractivity contribution is 5.83. The molecule has 0 aromatic heterocycles. The van der Waals surface area contributed by atoms with E-state index in [0.717, 1.165) is 122 Å². The molecular weight excluding hydrogens is 480 g/mol. The van der Waals surface area contributed by atoms with Crippen molar-refractivity contribution in [3.63, 3.8) is 0 Å². The second-order valence-electron chi connectivity index (χ2n) is 13.0. The molecule has 4 rings (SSSR count). The normalized spacial score (nSPS) is 37.4. The van der Waals surface area contributed by atoms with Crippen LogP contribution < -0.4 is 0 Å². The third-order valence-electron chi connectivity index (χ3n) is 10.0. The first-order valence-electron chi connectivity index (χ1n) is 16.1. The molecular formula is C32H54O6. The van der Waals surface area contributed by atoms with Crippen LogP contribution in [0.5, 0.6) is 0 Å². The van der Waals surface area contributed by atoms with E-state index in [4.69, 9.17) is 9.47 Å². The molecule has 38 heavy (non-hydrogen) atoms. The predicted octanol–water partition coefficient (Wildman–Crippen LogP) is 6.08. The van der Waals surface area contributed by atoms with Crippen molar-refractivity contribution in [3.8, 4) is 0 Å². The Morgan fingerprint density at radius 3 is 1.61 bits per heavy atom. The van der Waals surface area contributed by atoms with Crippen LogP contribution in [0.2, 0.25) is 0 Å². The van der Waals surface area contributed by atoms with Crippen molar-refractivity contribution in [1.82, 2.24) is 0 Å². The molecule has 0 aromatic carbocycles. The second kappa shape index (κ2) is 15.3. The van der Waals surface area contributed by atoms with Gasteiger partial charge in [-0.1, -0.05) is 13.3 Å². The fourth-order valence-electron chi connectivity index (χ4n) is 7.53. The van der Waals surface area contributed by atoms with Gasteiger partial charge in [-0.3, -0.25) is 9.59 Å². The van der Waals surface area contributed by atoms with E-state index in [-0.39, 0.29) is 48.3 Å². The predicted molar refractivity (Wildman–Crippen MR) is 148 cm³/mol. The fraction of sp³-hybridized carbons (Fsp3) is 0.938. The molecule has 6 heteroatoms. The Kier molecular flexibility index (Phi) is 12.1. The van der Waals surface area contributed by atoms with Gasteiger partial charge in [0.15, 0.2) is 0 Å². The van der Waals surface area contributed by atoms with E-state index in [9.17, 15) is 19.8 Å². The summed E-state index contributed by atoms with van der Waals surface area (Å²) in [6.45, 7) is 2.18. The molecule has 0 aliphatic heterocycles. The van der Waals surface area contributed by atoms with Gasteiger partial charge < -0.3 is 19.7 Å². The van der Waals surface area contributed by atoms with Gasteiger partial charge in [0.25, 0.3) is 0 Å². The Labute approximate surface area is 230 Å².